The molecule has 3 N–H and O–H groups in total. The predicted molar refractivity (Wildman–Crippen MR) is 86.2 cm³/mol. The lowest BCUT2D eigenvalue weighted by Crippen LogP contribution is -2.46. The lowest BCUT2D eigenvalue weighted by atomic mass is 9.96. The zero-order valence-electron chi connectivity index (χ0n) is 13.4. The fraction of sp³-hybridized carbons (Fsp3) is 0.471. The van der Waals surface area contributed by atoms with Crippen LogP contribution in [0.3, 0.4) is 0 Å². The second-order valence-corrected chi connectivity index (χ2v) is 5.79. The summed E-state index contributed by atoms with van der Waals surface area (Å²) < 4.78 is 4.86. The summed E-state index contributed by atoms with van der Waals surface area (Å²) in [6, 6.07) is 5.72. The molecule has 1 saturated carbocycles. The zero-order valence-corrected chi connectivity index (χ0v) is 13.4. The van der Waals surface area contributed by atoms with Gasteiger partial charge in [-0.15, -0.1) is 0 Å². The number of urea groups is 1. The monoisotopic (exact) mass is 334 g/mol. The third kappa shape index (κ3) is 5.66. The van der Waals surface area contributed by atoms with E-state index in [1.54, 1.807) is 12.1 Å². The summed E-state index contributed by atoms with van der Waals surface area (Å²) in [7, 11) is 0. The number of aliphatic hydroxyl groups excluding tert-OH is 1. The number of hydrogen-bond donors (Lipinski definition) is 3. The Labute approximate surface area is 140 Å². The molecule has 0 aromatic heterocycles. The van der Waals surface area contributed by atoms with E-state index in [9.17, 15) is 14.4 Å². The van der Waals surface area contributed by atoms with Crippen molar-refractivity contribution in [3.63, 3.8) is 0 Å². The number of esters is 1. The number of carbonyl (C=O) groups is 3. The van der Waals surface area contributed by atoms with Gasteiger partial charge >= 0.3 is 12.0 Å². The number of imide groups is 1. The van der Waals surface area contributed by atoms with Crippen LogP contribution in [0.4, 0.5) is 4.79 Å². The topological polar surface area (TPSA) is 105 Å². The minimum atomic E-state index is -0.677. The second kappa shape index (κ2) is 9.02. The van der Waals surface area contributed by atoms with Crippen molar-refractivity contribution < 1.29 is 24.2 Å². The number of ether oxygens (including phenoxy) is 1. The molecule has 0 atom stereocenters. The zero-order chi connectivity index (χ0) is 17.4. The summed E-state index contributed by atoms with van der Waals surface area (Å²) in [4.78, 5) is 35.1. The first-order valence-corrected chi connectivity index (χ1v) is 8.06. The van der Waals surface area contributed by atoms with Gasteiger partial charge in [-0.3, -0.25) is 10.1 Å². The fourth-order valence-corrected chi connectivity index (χ4v) is 2.59. The first-order chi connectivity index (χ1) is 11.6. The highest BCUT2D eigenvalue weighted by Crippen LogP contribution is 2.17. The van der Waals surface area contributed by atoms with Crippen molar-refractivity contribution in [3.05, 3.63) is 35.4 Å². The molecule has 3 amide bonds. The van der Waals surface area contributed by atoms with Crippen LogP contribution in [0.5, 0.6) is 0 Å². The van der Waals surface area contributed by atoms with Crippen molar-refractivity contribution in [2.45, 2.75) is 44.8 Å². The summed E-state index contributed by atoms with van der Waals surface area (Å²) in [6.45, 7) is -0.646. The Morgan fingerprint density at radius 3 is 2.38 bits per heavy atom. The maximum absolute atomic E-state index is 11.8. The van der Waals surface area contributed by atoms with E-state index in [4.69, 9.17) is 9.84 Å². The molecule has 1 aromatic carbocycles. The van der Waals surface area contributed by atoms with Crippen molar-refractivity contribution in [1.82, 2.24) is 10.6 Å². The molecule has 1 aromatic rings. The summed E-state index contributed by atoms with van der Waals surface area (Å²) in [5.74, 6) is -1.34. The number of rotatable bonds is 5. The maximum Gasteiger partial charge on any atom is 0.338 e. The van der Waals surface area contributed by atoms with E-state index in [2.05, 4.69) is 10.6 Å². The molecule has 7 nitrogen and oxygen atoms in total. The summed E-state index contributed by atoms with van der Waals surface area (Å²) >= 11 is 0. The number of nitrogens with one attached hydrogen (secondary N) is 2. The van der Waals surface area contributed by atoms with Gasteiger partial charge in [-0.2, -0.15) is 0 Å². The van der Waals surface area contributed by atoms with Crippen LogP contribution in [0.1, 0.15) is 48.0 Å². The van der Waals surface area contributed by atoms with Gasteiger partial charge in [-0.1, -0.05) is 31.4 Å². The van der Waals surface area contributed by atoms with Gasteiger partial charge in [0.1, 0.15) is 0 Å². The van der Waals surface area contributed by atoms with Crippen LogP contribution < -0.4 is 10.6 Å². The molecule has 2 rings (SSSR count). The van der Waals surface area contributed by atoms with Crippen LogP contribution in [-0.4, -0.2) is 35.7 Å². The number of benzene rings is 1. The molecule has 1 fully saturated rings. The predicted octanol–water partition coefficient (Wildman–Crippen LogP) is 1.49. The van der Waals surface area contributed by atoms with E-state index in [0.29, 0.717) is 5.56 Å². The van der Waals surface area contributed by atoms with Gasteiger partial charge in [0.05, 0.1) is 12.2 Å². The number of carbonyl (C=O) groups excluding carboxylic acids is 3. The van der Waals surface area contributed by atoms with E-state index in [1.165, 1.54) is 18.6 Å². The molecule has 0 spiro atoms. The van der Waals surface area contributed by atoms with Gasteiger partial charge in [-0.05, 0) is 30.5 Å². The molecule has 0 aliphatic heterocycles. The first-order valence-electron chi connectivity index (χ1n) is 8.06. The average molecular weight is 334 g/mol. The lowest BCUT2D eigenvalue weighted by Gasteiger charge is -2.22. The van der Waals surface area contributed by atoms with E-state index < -0.39 is 24.5 Å². The van der Waals surface area contributed by atoms with E-state index in [0.717, 1.165) is 25.7 Å². The van der Waals surface area contributed by atoms with Crippen LogP contribution in [0.15, 0.2) is 24.3 Å². The van der Waals surface area contributed by atoms with Crippen LogP contribution >= 0.6 is 0 Å². The van der Waals surface area contributed by atoms with Gasteiger partial charge < -0.3 is 15.2 Å². The minimum Gasteiger partial charge on any atom is -0.452 e. The highest BCUT2D eigenvalue weighted by atomic mass is 16.5. The fourth-order valence-electron chi connectivity index (χ4n) is 2.59. The molecular weight excluding hydrogens is 312 g/mol. The summed E-state index contributed by atoms with van der Waals surface area (Å²) in [5, 5.41) is 13.8. The highest BCUT2D eigenvalue weighted by Gasteiger charge is 2.17. The van der Waals surface area contributed by atoms with Crippen molar-refractivity contribution in [3.8, 4) is 0 Å². The Hall–Kier alpha value is -2.41. The quantitative estimate of drug-likeness (QED) is 0.708. The molecule has 0 unspecified atom stereocenters. The molecule has 0 heterocycles. The van der Waals surface area contributed by atoms with Crippen LogP contribution in [0.2, 0.25) is 0 Å². The molecular formula is C17H22N2O5. The minimum absolute atomic E-state index is 0.0964. The van der Waals surface area contributed by atoms with Gasteiger partial charge in [0, 0.05) is 6.04 Å². The molecule has 1 aliphatic carbocycles. The largest absolute Gasteiger partial charge is 0.452 e. The van der Waals surface area contributed by atoms with E-state index in [1.807, 2.05) is 0 Å². The normalized spacial score (nSPS) is 14.7. The molecule has 7 heteroatoms. The van der Waals surface area contributed by atoms with Crippen molar-refractivity contribution >= 4 is 17.9 Å². The Bertz CT molecular complexity index is 579. The molecule has 0 radical (unpaired) electrons. The van der Waals surface area contributed by atoms with Crippen molar-refractivity contribution in [2.75, 3.05) is 6.61 Å². The summed E-state index contributed by atoms with van der Waals surface area (Å²) in [5.41, 5.74) is 0.940. The SMILES string of the molecule is O=C(COC(=O)c1ccc(CO)cc1)NC(=O)NC1CCCCC1. The van der Waals surface area contributed by atoms with Gasteiger partial charge in [0.15, 0.2) is 6.61 Å². The van der Waals surface area contributed by atoms with E-state index in [-0.39, 0.29) is 18.2 Å². The standard InChI is InChI=1S/C17H22N2O5/c20-10-12-6-8-13(9-7-12)16(22)24-11-15(21)19-17(23)18-14-4-2-1-3-5-14/h6-9,14,20H,1-5,10-11H2,(H2,18,19,21,23). The van der Waals surface area contributed by atoms with Crippen molar-refractivity contribution in [2.24, 2.45) is 0 Å². The highest BCUT2D eigenvalue weighted by molar-refractivity contribution is 5.97. The van der Waals surface area contributed by atoms with Crippen molar-refractivity contribution in [1.29, 1.82) is 0 Å². The smallest absolute Gasteiger partial charge is 0.338 e. The van der Waals surface area contributed by atoms with Gasteiger partial charge in [-0.25, -0.2) is 9.59 Å². The molecule has 0 saturated heterocycles. The van der Waals surface area contributed by atoms with Gasteiger partial charge in [0.2, 0.25) is 0 Å². The first kappa shape index (κ1) is 17.9. The number of amides is 3. The Morgan fingerprint density at radius 1 is 1.08 bits per heavy atom. The Kier molecular flexibility index (Phi) is 6.74. The lowest BCUT2D eigenvalue weighted by molar-refractivity contribution is -0.123. The molecule has 130 valence electrons. The number of hydrogen-bond acceptors (Lipinski definition) is 5. The Morgan fingerprint density at radius 2 is 1.75 bits per heavy atom. The van der Waals surface area contributed by atoms with Crippen LogP contribution in [-0.2, 0) is 16.1 Å². The third-order valence-corrected chi connectivity index (χ3v) is 3.90. The molecule has 1 aliphatic rings. The van der Waals surface area contributed by atoms with E-state index >= 15 is 0 Å². The maximum atomic E-state index is 11.8. The van der Waals surface area contributed by atoms with Crippen LogP contribution in [0.25, 0.3) is 0 Å². The molecule has 24 heavy (non-hydrogen) atoms. The second-order valence-electron chi connectivity index (χ2n) is 5.79. The van der Waals surface area contributed by atoms with Crippen LogP contribution in [0, 0.1) is 0 Å². The van der Waals surface area contributed by atoms with Gasteiger partial charge in [0.25, 0.3) is 5.91 Å². The third-order valence-electron chi connectivity index (χ3n) is 3.90. The summed E-state index contributed by atoms with van der Waals surface area (Å²) in [6.07, 6.45) is 5.16. The Balaban J connectivity index is 1.71. The number of aliphatic hydroxyl groups is 1. The average Bonchev–Trinajstić information content (AvgIpc) is 2.60. The molecule has 0 bridgehead atoms.